The van der Waals surface area contributed by atoms with Crippen molar-refractivity contribution in [3.8, 4) is 0 Å². The van der Waals surface area contributed by atoms with Crippen molar-refractivity contribution in [3.05, 3.63) is 61.2 Å². The van der Waals surface area contributed by atoms with E-state index in [-0.39, 0.29) is 6.04 Å². The van der Waals surface area contributed by atoms with E-state index in [1.54, 1.807) is 24.8 Å². The Labute approximate surface area is 135 Å². The standard InChI is InChI=1S/2C5H5N.C3H7N.3ClH.Ta/c2*1-2-4-6-5-3-1;1-3(2)4;;;;/h2*1-5H;3H,1-2H3;3*1H;/q;;;;;;+3/p-3. The molecule has 0 bridgehead atoms. The van der Waals surface area contributed by atoms with E-state index < -0.39 is 13.7 Å². The maximum absolute atomic E-state index is 5.51. The molecule has 7 heteroatoms. The quantitative estimate of drug-likeness (QED) is 0.527. The monoisotopic (exact) mass is 501 g/mol. The molecule has 0 fully saturated rings. The third kappa shape index (κ3) is 17.7. The molecule has 0 amide bonds. The van der Waals surface area contributed by atoms with E-state index in [2.05, 4.69) is 13.3 Å². The van der Waals surface area contributed by atoms with Crippen LogP contribution in [0.1, 0.15) is 13.8 Å². The van der Waals surface area contributed by atoms with Crippen LogP contribution in [0.5, 0.6) is 0 Å². The van der Waals surface area contributed by atoms with Gasteiger partial charge in [-0.25, -0.2) is 0 Å². The van der Waals surface area contributed by atoms with Crippen LogP contribution in [0.25, 0.3) is 0 Å². The number of halogens is 3. The Hall–Kier alpha value is -0.290. The molecule has 0 saturated heterocycles. The fourth-order valence-corrected chi connectivity index (χ4v) is 7.06. The van der Waals surface area contributed by atoms with Gasteiger partial charge in [0.1, 0.15) is 0 Å². The first kappa shape index (κ1) is 19.7. The molecule has 0 spiro atoms. The van der Waals surface area contributed by atoms with Gasteiger partial charge >= 0.3 is 64.5 Å². The van der Waals surface area contributed by atoms with E-state index >= 15 is 0 Å². The second-order valence-corrected chi connectivity index (χ2v) is 23.8. The molecule has 2 heterocycles. The van der Waals surface area contributed by atoms with E-state index in [1.165, 1.54) is 0 Å². The number of rotatable bonds is 1. The van der Waals surface area contributed by atoms with Crippen LogP contribution in [0.4, 0.5) is 0 Å². The van der Waals surface area contributed by atoms with E-state index in [4.69, 9.17) is 27.6 Å². The van der Waals surface area contributed by atoms with Gasteiger partial charge in [0.25, 0.3) is 0 Å². The number of hydrogen-bond donors (Lipinski definition) is 0. The fraction of sp³-hybridized carbons (Fsp3) is 0.231. The molecular formula is C13H17Cl3N3Ta. The van der Waals surface area contributed by atoms with Gasteiger partial charge in [0.15, 0.2) is 0 Å². The first-order chi connectivity index (χ1) is 9.42. The van der Waals surface area contributed by atoms with Gasteiger partial charge < -0.3 is 0 Å². The molecule has 0 radical (unpaired) electrons. The Morgan fingerprint density at radius 1 is 0.750 bits per heavy atom. The Bertz CT molecular complexity index is 382. The topological polar surface area (TPSA) is 38.1 Å². The minimum absolute atomic E-state index is 0.167. The van der Waals surface area contributed by atoms with Gasteiger partial charge in [-0.3, -0.25) is 9.97 Å². The van der Waals surface area contributed by atoms with Crippen molar-refractivity contribution in [2.45, 2.75) is 19.9 Å². The minimum Gasteiger partial charge on any atom is -0.265 e. The molecule has 0 atom stereocenters. The summed E-state index contributed by atoms with van der Waals surface area (Å²) < 4.78 is 3.92. The summed E-state index contributed by atoms with van der Waals surface area (Å²) in [5.74, 6) is 0. The van der Waals surface area contributed by atoms with Crippen LogP contribution in [0.3, 0.4) is 0 Å². The molecule has 0 N–H and O–H groups in total. The molecule has 0 aliphatic carbocycles. The van der Waals surface area contributed by atoms with Crippen molar-refractivity contribution in [2.24, 2.45) is 3.34 Å². The third-order valence-corrected chi connectivity index (χ3v) is 6.24. The van der Waals surface area contributed by atoms with Crippen LogP contribution in [-0.2, 0) is 13.7 Å². The molecule has 0 aromatic carbocycles. The average Bonchev–Trinajstić information content (AvgIpc) is 2.41. The Morgan fingerprint density at radius 2 is 1.10 bits per heavy atom. The Morgan fingerprint density at radius 3 is 1.15 bits per heavy atom. The van der Waals surface area contributed by atoms with Gasteiger partial charge in [-0.05, 0) is 24.3 Å². The summed E-state index contributed by atoms with van der Waals surface area (Å²) in [4.78, 5) is 7.57. The predicted molar refractivity (Wildman–Crippen MR) is 83.6 cm³/mol. The van der Waals surface area contributed by atoms with Crippen molar-refractivity contribution in [1.82, 2.24) is 9.97 Å². The van der Waals surface area contributed by atoms with Gasteiger partial charge in [-0.2, -0.15) is 0 Å². The smallest absolute Gasteiger partial charge is 0.0267 e. The first-order valence-corrected chi connectivity index (χ1v) is 19.2. The van der Waals surface area contributed by atoms with Crippen molar-refractivity contribution in [1.29, 1.82) is 0 Å². The summed E-state index contributed by atoms with van der Waals surface area (Å²) >= 11 is -3.36. The van der Waals surface area contributed by atoms with Gasteiger partial charge in [-0.15, -0.1) is 0 Å². The van der Waals surface area contributed by atoms with Crippen molar-refractivity contribution >= 4 is 27.6 Å². The van der Waals surface area contributed by atoms with Crippen LogP contribution < -0.4 is 0 Å². The van der Waals surface area contributed by atoms with Crippen LogP contribution in [0.2, 0.25) is 0 Å². The summed E-state index contributed by atoms with van der Waals surface area (Å²) in [5, 5.41) is 0. The fourth-order valence-electron chi connectivity index (χ4n) is 0.887. The predicted octanol–water partition coefficient (Wildman–Crippen LogP) is 5.36. The van der Waals surface area contributed by atoms with E-state index in [0.717, 1.165) is 0 Å². The van der Waals surface area contributed by atoms with Gasteiger partial charge in [0, 0.05) is 24.8 Å². The van der Waals surface area contributed by atoms with Crippen LogP contribution in [0, 0.1) is 0 Å². The number of hydrogen-bond acceptors (Lipinski definition) is 3. The molecule has 3 nitrogen and oxygen atoms in total. The zero-order valence-corrected chi connectivity index (χ0v) is 16.8. The summed E-state index contributed by atoms with van der Waals surface area (Å²) in [5.41, 5.74) is 0. The molecule has 0 aliphatic heterocycles. The van der Waals surface area contributed by atoms with E-state index in [1.807, 2.05) is 50.2 Å². The zero-order chi connectivity index (χ0) is 15.3. The van der Waals surface area contributed by atoms with Gasteiger partial charge in [0.2, 0.25) is 0 Å². The summed E-state index contributed by atoms with van der Waals surface area (Å²) in [7, 11) is 16.5. The molecule has 110 valence electrons. The third-order valence-electron chi connectivity index (χ3n) is 1.49. The van der Waals surface area contributed by atoms with Gasteiger partial charge in [0.05, 0.1) is 0 Å². The van der Waals surface area contributed by atoms with E-state index in [0.29, 0.717) is 0 Å². The molecule has 20 heavy (non-hydrogen) atoms. The van der Waals surface area contributed by atoms with E-state index in [9.17, 15) is 0 Å². The number of aromatic nitrogens is 2. The summed E-state index contributed by atoms with van der Waals surface area (Å²) in [6, 6.07) is 11.6. The Kier molecular flexibility index (Phi) is 12.3. The summed E-state index contributed by atoms with van der Waals surface area (Å²) in [6.45, 7) is 3.81. The SMILES string of the molecule is CC(C)[N]=[Ta]([Cl])([Cl])[Cl].c1ccncc1.c1ccncc1. The maximum Gasteiger partial charge on any atom is 0.0267 e. The number of nitrogens with zero attached hydrogens (tertiary/aromatic N) is 3. The van der Waals surface area contributed by atoms with Gasteiger partial charge in [-0.1, -0.05) is 12.1 Å². The average molecular weight is 503 g/mol. The molecule has 0 unspecified atom stereocenters. The number of pyridine rings is 2. The van der Waals surface area contributed by atoms with Crippen molar-refractivity contribution < 1.29 is 13.7 Å². The molecule has 2 rings (SSSR count). The molecular weight excluding hydrogens is 485 g/mol. The summed E-state index contributed by atoms with van der Waals surface area (Å²) in [6.07, 6.45) is 7.00. The van der Waals surface area contributed by atoms with Crippen molar-refractivity contribution in [2.75, 3.05) is 0 Å². The van der Waals surface area contributed by atoms with Crippen molar-refractivity contribution in [3.63, 3.8) is 0 Å². The zero-order valence-electron chi connectivity index (χ0n) is 11.3. The molecule has 2 aromatic heterocycles. The van der Waals surface area contributed by atoms with Crippen LogP contribution >= 0.6 is 27.6 Å². The molecule has 0 aliphatic rings. The van der Waals surface area contributed by atoms with Crippen LogP contribution in [-0.4, -0.2) is 16.0 Å². The normalized spacial score (nSPS) is 9.70. The van der Waals surface area contributed by atoms with Crippen LogP contribution in [0.15, 0.2) is 64.5 Å². The second kappa shape index (κ2) is 12.5. The minimum atomic E-state index is -3.36. The maximum atomic E-state index is 5.51. The molecule has 2 aromatic rings. The first-order valence-electron chi connectivity index (χ1n) is 5.82. The second-order valence-electron chi connectivity index (χ2n) is 3.68. The molecule has 0 saturated carbocycles. The largest absolute Gasteiger partial charge is 0.265 e. The Balaban J connectivity index is 0.000000274.